The first-order chi connectivity index (χ1) is 12.0. The van der Waals surface area contributed by atoms with E-state index in [4.69, 9.17) is 0 Å². The highest BCUT2D eigenvalue weighted by molar-refractivity contribution is 5.82. The first-order valence-electron chi connectivity index (χ1n) is 9.17. The van der Waals surface area contributed by atoms with Crippen LogP contribution in [0.5, 0.6) is 5.75 Å². The zero-order chi connectivity index (χ0) is 17.9. The summed E-state index contributed by atoms with van der Waals surface area (Å²) >= 11 is 0. The first kappa shape index (κ1) is 17.7. The number of hydrogen-bond acceptors (Lipinski definition) is 2. The van der Waals surface area contributed by atoms with Crippen molar-refractivity contribution >= 4 is 5.78 Å². The fraction of sp³-hybridized carbons (Fsp3) is 0.409. The molecule has 0 radical (unpaired) electrons. The number of carbonyl (C=O) groups is 1. The fourth-order valence-corrected chi connectivity index (χ4v) is 4.23. The van der Waals surface area contributed by atoms with Crippen LogP contribution in [0.25, 0.3) is 0 Å². The van der Waals surface area contributed by atoms with E-state index >= 15 is 0 Å². The molecule has 0 aliphatic carbocycles. The Morgan fingerprint density at radius 2 is 1.64 bits per heavy atom. The smallest absolute Gasteiger partial charge is 0.191 e. The average molecular weight is 338 g/mol. The monoisotopic (exact) mass is 338 g/mol. The first-order valence-corrected chi connectivity index (χ1v) is 9.17. The summed E-state index contributed by atoms with van der Waals surface area (Å²) in [6.07, 6.45) is 2.88. The van der Waals surface area contributed by atoms with Gasteiger partial charge in [-0.1, -0.05) is 30.3 Å². The summed E-state index contributed by atoms with van der Waals surface area (Å²) in [7, 11) is 0. The molecule has 1 N–H and O–H groups in total. The standard InChI is InChI=1S/C22H27NO2/c1-17-12-20(24)13-18(2)22(17)14-21(25)16-23(10-6-7-11-23)15-19-8-4-3-5-9-19/h3-5,8-9,12-13H,6-7,10-11,14-16H2,1-2H3/p+1. The number of phenolic OH excluding ortho intramolecular Hbond substituents is 1. The number of likely N-dealkylation sites (tertiary alicyclic amines) is 1. The van der Waals surface area contributed by atoms with Gasteiger partial charge in [-0.25, -0.2) is 0 Å². The van der Waals surface area contributed by atoms with Gasteiger partial charge in [0.1, 0.15) is 18.8 Å². The summed E-state index contributed by atoms with van der Waals surface area (Å²) < 4.78 is 0.888. The Labute approximate surface area is 150 Å². The minimum atomic E-state index is 0.276. The molecule has 0 bridgehead atoms. The molecule has 1 saturated heterocycles. The van der Waals surface area contributed by atoms with E-state index in [1.807, 2.05) is 19.9 Å². The Bertz CT molecular complexity index is 723. The Morgan fingerprint density at radius 3 is 2.24 bits per heavy atom. The van der Waals surface area contributed by atoms with Gasteiger partial charge in [0.25, 0.3) is 0 Å². The number of aromatic hydroxyl groups is 1. The third kappa shape index (κ3) is 4.29. The molecule has 1 aliphatic heterocycles. The van der Waals surface area contributed by atoms with E-state index in [2.05, 4.69) is 24.3 Å². The number of nitrogens with zero attached hydrogens (tertiary/aromatic N) is 1. The SMILES string of the molecule is Cc1cc(O)cc(C)c1CC(=O)C[N+]1(Cc2ccccc2)CCCC1. The van der Waals surface area contributed by atoms with Gasteiger partial charge >= 0.3 is 0 Å². The van der Waals surface area contributed by atoms with Crippen LogP contribution in [-0.4, -0.2) is 35.0 Å². The average Bonchev–Trinajstić information content (AvgIpc) is 2.99. The fourth-order valence-electron chi connectivity index (χ4n) is 4.23. The lowest BCUT2D eigenvalue weighted by Gasteiger charge is -2.34. The third-order valence-corrected chi connectivity index (χ3v) is 5.44. The molecule has 0 aromatic heterocycles. The summed E-state index contributed by atoms with van der Waals surface area (Å²) in [5, 5.41) is 9.70. The van der Waals surface area contributed by atoms with E-state index in [9.17, 15) is 9.90 Å². The zero-order valence-electron chi connectivity index (χ0n) is 15.3. The maximum Gasteiger partial charge on any atom is 0.191 e. The Morgan fingerprint density at radius 1 is 1.04 bits per heavy atom. The van der Waals surface area contributed by atoms with Gasteiger partial charge in [-0.05, 0) is 42.7 Å². The molecule has 132 valence electrons. The number of aryl methyl sites for hydroxylation is 2. The van der Waals surface area contributed by atoms with Crippen LogP contribution in [-0.2, 0) is 17.8 Å². The normalized spacial score (nSPS) is 16.1. The number of quaternary nitrogens is 1. The van der Waals surface area contributed by atoms with Crippen LogP contribution < -0.4 is 0 Å². The summed E-state index contributed by atoms with van der Waals surface area (Å²) in [5.41, 5.74) is 4.39. The maximum atomic E-state index is 12.9. The van der Waals surface area contributed by atoms with E-state index in [0.717, 1.165) is 40.8 Å². The molecule has 0 spiro atoms. The highest BCUT2D eigenvalue weighted by Crippen LogP contribution is 2.25. The van der Waals surface area contributed by atoms with Crippen molar-refractivity contribution in [1.29, 1.82) is 0 Å². The number of carbonyl (C=O) groups excluding carboxylic acids is 1. The van der Waals surface area contributed by atoms with Crippen LogP contribution in [0.1, 0.15) is 35.1 Å². The third-order valence-electron chi connectivity index (χ3n) is 5.44. The molecular formula is C22H28NO2+. The molecule has 0 unspecified atom stereocenters. The van der Waals surface area contributed by atoms with Crippen molar-refractivity contribution in [2.75, 3.05) is 19.6 Å². The van der Waals surface area contributed by atoms with Gasteiger partial charge in [0.2, 0.25) is 0 Å². The van der Waals surface area contributed by atoms with Crippen molar-refractivity contribution in [2.45, 2.75) is 39.7 Å². The molecular weight excluding hydrogens is 310 g/mol. The summed E-state index contributed by atoms with van der Waals surface area (Å²) in [6, 6.07) is 14.0. The minimum Gasteiger partial charge on any atom is -0.508 e. The quantitative estimate of drug-likeness (QED) is 0.810. The molecule has 3 rings (SSSR count). The van der Waals surface area contributed by atoms with Crippen molar-refractivity contribution in [3.63, 3.8) is 0 Å². The van der Waals surface area contributed by atoms with E-state index in [1.54, 1.807) is 12.1 Å². The molecule has 0 atom stereocenters. The van der Waals surface area contributed by atoms with Crippen molar-refractivity contribution in [2.24, 2.45) is 0 Å². The second-order valence-electron chi connectivity index (χ2n) is 7.57. The molecule has 0 amide bonds. The van der Waals surface area contributed by atoms with Gasteiger partial charge in [0, 0.05) is 24.8 Å². The Balaban J connectivity index is 1.74. The number of ketones is 1. The minimum absolute atomic E-state index is 0.276. The second kappa shape index (κ2) is 7.40. The van der Waals surface area contributed by atoms with Crippen molar-refractivity contribution in [3.8, 4) is 5.75 Å². The van der Waals surface area contributed by atoms with E-state index in [0.29, 0.717) is 18.7 Å². The van der Waals surface area contributed by atoms with Crippen LogP contribution in [0.4, 0.5) is 0 Å². The molecule has 3 nitrogen and oxygen atoms in total. The number of rotatable bonds is 6. The highest BCUT2D eigenvalue weighted by atomic mass is 16.3. The largest absolute Gasteiger partial charge is 0.508 e. The summed E-state index contributed by atoms with van der Waals surface area (Å²) in [4.78, 5) is 12.9. The lowest BCUT2D eigenvalue weighted by atomic mass is 9.97. The van der Waals surface area contributed by atoms with Crippen LogP contribution in [0.3, 0.4) is 0 Å². The van der Waals surface area contributed by atoms with Gasteiger partial charge in [0.05, 0.1) is 13.1 Å². The second-order valence-corrected chi connectivity index (χ2v) is 7.57. The van der Waals surface area contributed by atoms with Crippen LogP contribution in [0, 0.1) is 13.8 Å². The van der Waals surface area contributed by atoms with Gasteiger partial charge in [-0.15, -0.1) is 0 Å². The van der Waals surface area contributed by atoms with Crippen LogP contribution >= 0.6 is 0 Å². The molecule has 3 heteroatoms. The molecule has 2 aromatic carbocycles. The predicted octanol–water partition coefficient (Wildman–Crippen LogP) is 3.93. The Hall–Kier alpha value is -2.13. The van der Waals surface area contributed by atoms with E-state index in [1.165, 1.54) is 18.4 Å². The number of phenols is 1. The highest BCUT2D eigenvalue weighted by Gasteiger charge is 2.34. The molecule has 1 heterocycles. The van der Waals surface area contributed by atoms with Gasteiger partial charge in [-0.3, -0.25) is 4.79 Å². The van der Waals surface area contributed by atoms with Crippen LogP contribution in [0.15, 0.2) is 42.5 Å². The topological polar surface area (TPSA) is 37.3 Å². The van der Waals surface area contributed by atoms with E-state index < -0.39 is 0 Å². The number of hydrogen-bond donors (Lipinski definition) is 1. The summed E-state index contributed by atoms with van der Waals surface area (Å²) in [5.74, 6) is 0.577. The van der Waals surface area contributed by atoms with Crippen LogP contribution in [0.2, 0.25) is 0 Å². The molecule has 0 saturated carbocycles. The molecule has 1 aliphatic rings. The summed E-state index contributed by atoms with van der Waals surface area (Å²) in [6.45, 7) is 7.68. The lowest BCUT2D eigenvalue weighted by Crippen LogP contribution is -2.48. The van der Waals surface area contributed by atoms with Crippen molar-refractivity contribution in [3.05, 3.63) is 64.7 Å². The van der Waals surface area contributed by atoms with Crippen molar-refractivity contribution < 1.29 is 14.4 Å². The van der Waals surface area contributed by atoms with Gasteiger partial charge in [-0.2, -0.15) is 0 Å². The zero-order valence-corrected chi connectivity index (χ0v) is 15.3. The number of benzene rings is 2. The van der Waals surface area contributed by atoms with Crippen molar-refractivity contribution in [1.82, 2.24) is 0 Å². The van der Waals surface area contributed by atoms with Gasteiger partial charge < -0.3 is 9.59 Å². The molecule has 1 fully saturated rings. The lowest BCUT2D eigenvalue weighted by molar-refractivity contribution is -0.922. The Kier molecular flexibility index (Phi) is 5.24. The maximum absolute atomic E-state index is 12.9. The van der Waals surface area contributed by atoms with E-state index in [-0.39, 0.29) is 5.75 Å². The predicted molar refractivity (Wildman–Crippen MR) is 101 cm³/mol. The molecule has 25 heavy (non-hydrogen) atoms. The number of Topliss-reactive ketones (excluding diaryl/α,β-unsaturated/α-hetero) is 1. The molecule has 2 aromatic rings. The van der Waals surface area contributed by atoms with Gasteiger partial charge in [0.15, 0.2) is 5.78 Å².